The van der Waals surface area contributed by atoms with Gasteiger partial charge in [0.15, 0.2) is 18.1 Å². The first-order valence-electron chi connectivity index (χ1n) is 8.99. The molecule has 1 aliphatic rings. The maximum Gasteiger partial charge on any atom is 0.257 e. The first-order valence-corrected chi connectivity index (χ1v) is 8.99. The van der Waals surface area contributed by atoms with Crippen LogP contribution in [0.25, 0.3) is 0 Å². The van der Waals surface area contributed by atoms with E-state index in [9.17, 15) is 9.59 Å². The van der Waals surface area contributed by atoms with Crippen molar-refractivity contribution in [1.82, 2.24) is 10.6 Å². The van der Waals surface area contributed by atoms with Gasteiger partial charge in [0.2, 0.25) is 5.91 Å². The van der Waals surface area contributed by atoms with Gasteiger partial charge in [0.1, 0.15) is 6.10 Å². The molecule has 1 unspecified atom stereocenters. The summed E-state index contributed by atoms with van der Waals surface area (Å²) < 4.78 is 16.3. The summed E-state index contributed by atoms with van der Waals surface area (Å²) in [6.07, 6.45) is 1.93. The fourth-order valence-electron chi connectivity index (χ4n) is 2.31. The molecule has 1 atom stereocenters. The Labute approximate surface area is 154 Å². The molecule has 26 heavy (non-hydrogen) atoms. The molecule has 0 aliphatic heterocycles. The van der Waals surface area contributed by atoms with Crippen molar-refractivity contribution < 1.29 is 23.8 Å². The Morgan fingerprint density at radius 3 is 2.65 bits per heavy atom. The van der Waals surface area contributed by atoms with E-state index < -0.39 is 6.10 Å². The van der Waals surface area contributed by atoms with Gasteiger partial charge >= 0.3 is 0 Å². The monoisotopic (exact) mass is 364 g/mol. The molecule has 0 radical (unpaired) electrons. The molecule has 2 rings (SSSR count). The zero-order chi connectivity index (χ0) is 18.9. The molecule has 1 aromatic carbocycles. The molecule has 0 saturated heterocycles. The first kappa shape index (κ1) is 20.0. The standard InChI is InChI=1S/C19H28N2O5/c1-4-20-18(22)12-26-16-8-7-15(9-17(16)24-3)10-21-19(23)13(2)25-11-14-5-6-14/h7-9,13-14H,4-6,10-12H2,1-3H3,(H,20,22)(H,21,23). The van der Waals surface area contributed by atoms with Crippen molar-refractivity contribution in [3.63, 3.8) is 0 Å². The predicted octanol–water partition coefficient (Wildman–Crippen LogP) is 1.64. The lowest BCUT2D eigenvalue weighted by atomic mass is 10.2. The minimum Gasteiger partial charge on any atom is -0.493 e. The van der Waals surface area contributed by atoms with Crippen molar-refractivity contribution >= 4 is 11.8 Å². The van der Waals surface area contributed by atoms with E-state index in [2.05, 4.69) is 10.6 Å². The summed E-state index contributed by atoms with van der Waals surface area (Å²) in [6.45, 7) is 5.11. The second kappa shape index (κ2) is 10.0. The van der Waals surface area contributed by atoms with Crippen molar-refractivity contribution in [3.05, 3.63) is 23.8 Å². The molecule has 1 fully saturated rings. The van der Waals surface area contributed by atoms with Crippen LogP contribution in [0.15, 0.2) is 18.2 Å². The molecular formula is C19H28N2O5. The van der Waals surface area contributed by atoms with Gasteiger partial charge in [0.25, 0.3) is 5.91 Å². The number of ether oxygens (including phenoxy) is 3. The van der Waals surface area contributed by atoms with Gasteiger partial charge in [-0.2, -0.15) is 0 Å². The lowest BCUT2D eigenvalue weighted by Crippen LogP contribution is -2.34. The zero-order valence-corrected chi connectivity index (χ0v) is 15.7. The second-order valence-corrected chi connectivity index (χ2v) is 6.36. The minimum atomic E-state index is -0.461. The van der Waals surface area contributed by atoms with Crippen molar-refractivity contribution in [1.29, 1.82) is 0 Å². The summed E-state index contributed by atoms with van der Waals surface area (Å²) in [5.74, 6) is 1.29. The van der Waals surface area contributed by atoms with Gasteiger partial charge in [-0.25, -0.2) is 0 Å². The largest absolute Gasteiger partial charge is 0.493 e. The molecule has 1 aliphatic carbocycles. The van der Waals surface area contributed by atoms with E-state index in [1.165, 1.54) is 20.0 Å². The third kappa shape index (κ3) is 6.55. The number of carbonyl (C=O) groups excluding carboxylic acids is 2. The van der Waals surface area contributed by atoms with Crippen LogP contribution in [-0.2, 0) is 20.9 Å². The molecular weight excluding hydrogens is 336 g/mol. The summed E-state index contributed by atoms with van der Waals surface area (Å²) in [7, 11) is 1.53. The quantitative estimate of drug-likeness (QED) is 0.623. The molecule has 0 bridgehead atoms. The molecule has 1 saturated carbocycles. The van der Waals surface area contributed by atoms with Gasteiger partial charge in [-0.05, 0) is 50.3 Å². The van der Waals surface area contributed by atoms with Gasteiger partial charge in [0.05, 0.1) is 13.7 Å². The Balaban J connectivity index is 1.83. The van der Waals surface area contributed by atoms with Crippen LogP contribution in [-0.4, -0.2) is 44.8 Å². The van der Waals surface area contributed by atoms with Gasteiger partial charge in [-0.1, -0.05) is 6.07 Å². The number of hydrogen-bond donors (Lipinski definition) is 2. The van der Waals surface area contributed by atoms with Crippen LogP contribution in [0.5, 0.6) is 11.5 Å². The highest BCUT2D eigenvalue weighted by molar-refractivity contribution is 5.80. The number of amides is 2. The summed E-state index contributed by atoms with van der Waals surface area (Å²) in [5, 5.41) is 5.52. The highest BCUT2D eigenvalue weighted by Gasteiger charge is 2.24. The summed E-state index contributed by atoms with van der Waals surface area (Å²) >= 11 is 0. The average molecular weight is 364 g/mol. The van der Waals surface area contributed by atoms with Crippen LogP contribution in [0, 0.1) is 5.92 Å². The van der Waals surface area contributed by atoms with Gasteiger partial charge in [0, 0.05) is 13.1 Å². The van der Waals surface area contributed by atoms with Crippen LogP contribution < -0.4 is 20.1 Å². The molecule has 2 N–H and O–H groups in total. The number of likely N-dealkylation sites (N-methyl/N-ethyl adjacent to an activating group) is 1. The Morgan fingerprint density at radius 1 is 1.23 bits per heavy atom. The number of carbonyl (C=O) groups is 2. The number of nitrogens with one attached hydrogen (secondary N) is 2. The molecule has 7 heteroatoms. The maximum atomic E-state index is 12.1. The number of hydrogen-bond acceptors (Lipinski definition) is 5. The molecule has 2 amide bonds. The maximum absolute atomic E-state index is 12.1. The zero-order valence-electron chi connectivity index (χ0n) is 15.7. The summed E-state index contributed by atoms with van der Waals surface area (Å²) in [4.78, 5) is 23.6. The van der Waals surface area contributed by atoms with E-state index in [0.717, 1.165) is 5.56 Å². The Morgan fingerprint density at radius 2 is 2.00 bits per heavy atom. The van der Waals surface area contributed by atoms with Gasteiger partial charge in [-0.15, -0.1) is 0 Å². The fraction of sp³-hybridized carbons (Fsp3) is 0.579. The summed E-state index contributed by atoms with van der Waals surface area (Å²) in [5.41, 5.74) is 0.870. The minimum absolute atomic E-state index is 0.0733. The third-order valence-corrected chi connectivity index (χ3v) is 4.08. The van der Waals surface area contributed by atoms with Crippen LogP contribution in [0.4, 0.5) is 0 Å². The molecule has 0 aromatic heterocycles. The SMILES string of the molecule is CCNC(=O)COc1ccc(CNC(=O)C(C)OCC2CC2)cc1OC. The van der Waals surface area contributed by atoms with Crippen molar-refractivity contribution in [3.8, 4) is 11.5 Å². The molecule has 144 valence electrons. The van der Waals surface area contributed by atoms with Gasteiger partial charge < -0.3 is 24.8 Å². The number of benzene rings is 1. The van der Waals surface area contributed by atoms with E-state index in [-0.39, 0.29) is 18.4 Å². The van der Waals surface area contributed by atoms with Crippen molar-refractivity contribution in [2.45, 2.75) is 39.3 Å². The highest BCUT2D eigenvalue weighted by Crippen LogP contribution is 2.29. The smallest absolute Gasteiger partial charge is 0.257 e. The Bertz CT molecular complexity index is 616. The second-order valence-electron chi connectivity index (χ2n) is 6.36. The molecule has 0 heterocycles. The Kier molecular flexibility index (Phi) is 7.72. The average Bonchev–Trinajstić information content (AvgIpc) is 3.47. The van der Waals surface area contributed by atoms with E-state index in [0.29, 0.717) is 37.1 Å². The topological polar surface area (TPSA) is 85.9 Å². The Hall–Kier alpha value is -2.28. The van der Waals surface area contributed by atoms with Crippen molar-refractivity contribution in [2.24, 2.45) is 5.92 Å². The van der Waals surface area contributed by atoms with Crippen molar-refractivity contribution in [2.75, 3.05) is 26.9 Å². The predicted molar refractivity (Wildman–Crippen MR) is 97.2 cm³/mol. The van der Waals surface area contributed by atoms with E-state index in [1.54, 1.807) is 19.1 Å². The van der Waals surface area contributed by atoms with Gasteiger partial charge in [-0.3, -0.25) is 9.59 Å². The number of methoxy groups -OCH3 is 1. The lowest BCUT2D eigenvalue weighted by Gasteiger charge is -2.15. The molecule has 0 spiro atoms. The lowest BCUT2D eigenvalue weighted by molar-refractivity contribution is -0.132. The van der Waals surface area contributed by atoms with Crippen LogP contribution in [0.2, 0.25) is 0 Å². The van der Waals surface area contributed by atoms with Crippen LogP contribution in [0.1, 0.15) is 32.3 Å². The van der Waals surface area contributed by atoms with E-state index in [4.69, 9.17) is 14.2 Å². The molecule has 1 aromatic rings. The van der Waals surface area contributed by atoms with Crippen LogP contribution in [0.3, 0.4) is 0 Å². The third-order valence-electron chi connectivity index (χ3n) is 4.08. The van der Waals surface area contributed by atoms with Crippen LogP contribution >= 0.6 is 0 Å². The number of rotatable bonds is 11. The fourth-order valence-corrected chi connectivity index (χ4v) is 2.31. The first-order chi connectivity index (χ1) is 12.5. The van der Waals surface area contributed by atoms with E-state index in [1.807, 2.05) is 13.0 Å². The molecule has 7 nitrogen and oxygen atoms in total. The highest BCUT2D eigenvalue weighted by atomic mass is 16.5. The summed E-state index contributed by atoms with van der Waals surface area (Å²) in [6, 6.07) is 5.33. The van der Waals surface area contributed by atoms with E-state index >= 15 is 0 Å². The normalized spacial score (nSPS) is 14.4.